The number of halogens is 2. The average Bonchev–Trinajstić information content (AvgIpc) is 3.10. The van der Waals surface area contributed by atoms with E-state index in [9.17, 15) is 24.0 Å². The molecule has 0 aliphatic rings. The molecule has 0 saturated heterocycles. The van der Waals surface area contributed by atoms with Gasteiger partial charge in [-0.25, -0.2) is 9.59 Å². The number of amides is 3. The number of hydrogen-bond acceptors (Lipinski definition) is 8. The minimum atomic E-state index is -4.69. The van der Waals surface area contributed by atoms with Crippen LogP contribution in [0.15, 0.2) is 84.9 Å². The molecule has 0 aliphatic carbocycles. The van der Waals surface area contributed by atoms with Crippen molar-refractivity contribution in [2.45, 2.75) is 97.7 Å². The average molecular weight is 738 g/mol. The second-order valence-corrected chi connectivity index (χ2v) is 14.3. The molecule has 3 amide bonds. The molecule has 0 spiro atoms. The lowest BCUT2D eigenvalue weighted by atomic mass is 9.96. The summed E-state index contributed by atoms with van der Waals surface area (Å²) in [6.45, 7) is 11.2. The minimum absolute atomic E-state index is 0.0900. The molecule has 11 nitrogen and oxygen atoms in total. The third-order valence-corrected chi connectivity index (χ3v) is 7.89. The van der Waals surface area contributed by atoms with Crippen LogP contribution in [0.25, 0.3) is 0 Å². The quantitative estimate of drug-likeness (QED) is 0.114. The number of esters is 1. The van der Waals surface area contributed by atoms with Crippen LogP contribution in [-0.2, 0) is 48.3 Å². The molecular weight excluding hydrogens is 688 g/mol. The number of rotatable bonds is 17. The van der Waals surface area contributed by atoms with Crippen LogP contribution in [0.2, 0.25) is 0 Å². The van der Waals surface area contributed by atoms with E-state index in [-0.39, 0.29) is 13.2 Å². The highest BCUT2D eigenvalue weighted by Crippen LogP contribution is 2.23. The molecule has 3 rings (SSSR count). The van der Waals surface area contributed by atoms with Gasteiger partial charge < -0.3 is 30.2 Å². The SMILES string of the molecule is CC(C)[C@H](NC(=O)OCc1ccccc1)C(=O)NC(Cc1ccc(OCc2ccccc2)cc1)C(=O)C(F)(F)C(=O)N[C@@H](C(=O)OC(C)(C)C)C(C)C. The third kappa shape index (κ3) is 13.3. The summed E-state index contributed by atoms with van der Waals surface area (Å²) in [6.07, 6.45) is -1.39. The van der Waals surface area contributed by atoms with E-state index in [0.29, 0.717) is 16.9 Å². The van der Waals surface area contributed by atoms with E-state index in [1.807, 2.05) is 35.6 Å². The summed E-state index contributed by atoms with van der Waals surface area (Å²) in [5.41, 5.74) is 1.01. The lowest BCUT2D eigenvalue weighted by molar-refractivity contribution is -0.167. The Morgan fingerprint density at radius 1 is 0.660 bits per heavy atom. The highest BCUT2D eigenvalue weighted by Gasteiger charge is 2.52. The van der Waals surface area contributed by atoms with Gasteiger partial charge in [-0.2, -0.15) is 8.78 Å². The number of ketones is 1. The molecule has 13 heteroatoms. The largest absolute Gasteiger partial charge is 0.489 e. The van der Waals surface area contributed by atoms with Crippen molar-refractivity contribution in [1.29, 1.82) is 0 Å². The topological polar surface area (TPSA) is 149 Å². The molecule has 53 heavy (non-hydrogen) atoms. The molecule has 0 aliphatic heterocycles. The second-order valence-electron chi connectivity index (χ2n) is 14.3. The van der Waals surface area contributed by atoms with Crippen LogP contribution in [0.3, 0.4) is 0 Å². The van der Waals surface area contributed by atoms with Gasteiger partial charge in [-0.05, 0) is 61.4 Å². The van der Waals surface area contributed by atoms with E-state index in [4.69, 9.17) is 14.2 Å². The monoisotopic (exact) mass is 737 g/mol. The molecule has 3 atom stereocenters. The molecule has 286 valence electrons. The zero-order valence-corrected chi connectivity index (χ0v) is 31.1. The number of Topliss-reactive ketones (excluding diaryl/α,β-unsaturated/α-hetero) is 1. The molecule has 1 unspecified atom stereocenters. The summed E-state index contributed by atoms with van der Waals surface area (Å²) in [4.78, 5) is 65.7. The molecular formula is C40H49F2N3O8. The molecule has 0 aromatic heterocycles. The van der Waals surface area contributed by atoms with Gasteiger partial charge in [0.25, 0.3) is 5.91 Å². The Hall–Kier alpha value is -5.33. The number of benzene rings is 3. The summed E-state index contributed by atoms with van der Waals surface area (Å²) >= 11 is 0. The Bertz CT molecular complexity index is 1680. The van der Waals surface area contributed by atoms with E-state index < -0.39 is 77.6 Å². The van der Waals surface area contributed by atoms with E-state index in [1.54, 1.807) is 89.2 Å². The zero-order chi connectivity index (χ0) is 39.3. The molecule has 0 radical (unpaired) electrons. The number of hydrogen-bond donors (Lipinski definition) is 3. The molecule has 0 heterocycles. The van der Waals surface area contributed by atoms with Gasteiger partial charge in [-0.1, -0.05) is 100 Å². The van der Waals surface area contributed by atoms with Crippen LogP contribution in [0.5, 0.6) is 5.75 Å². The van der Waals surface area contributed by atoms with Crippen molar-refractivity contribution in [3.05, 3.63) is 102 Å². The standard InChI is InChI=1S/C40H49F2N3O8/c1-25(2)32(45-38(50)52-24-29-16-12-9-13-17-29)35(47)43-31(22-27-18-20-30(21-19-27)51-23-28-14-10-8-11-15-28)34(46)40(41,42)37(49)44-33(26(3)4)36(48)53-39(5,6)7/h8-21,25-26,31-33H,22-24H2,1-7H3,(H,43,47)(H,44,49)(H,45,50)/t31?,32-,33+/m0/s1. The van der Waals surface area contributed by atoms with Crippen LogP contribution in [0, 0.1) is 11.8 Å². The molecule has 3 aromatic carbocycles. The molecule has 0 fully saturated rings. The van der Waals surface area contributed by atoms with Crippen LogP contribution >= 0.6 is 0 Å². The Labute approximate surface area is 309 Å². The highest BCUT2D eigenvalue weighted by molar-refractivity contribution is 6.11. The van der Waals surface area contributed by atoms with Gasteiger partial charge in [-0.3, -0.25) is 14.4 Å². The van der Waals surface area contributed by atoms with Gasteiger partial charge in [-0.15, -0.1) is 0 Å². The maximum Gasteiger partial charge on any atom is 0.408 e. The summed E-state index contributed by atoms with van der Waals surface area (Å²) in [5, 5.41) is 6.75. The number of alkyl carbamates (subject to hydrolysis) is 1. The Morgan fingerprint density at radius 2 is 1.19 bits per heavy atom. The van der Waals surface area contributed by atoms with Gasteiger partial charge in [0.2, 0.25) is 11.7 Å². The molecule has 0 saturated carbocycles. The van der Waals surface area contributed by atoms with E-state index in [2.05, 4.69) is 10.6 Å². The second kappa shape index (κ2) is 19.0. The van der Waals surface area contributed by atoms with Crippen molar-refractivity contribution in [3.8, 4) is 5.75 Å². The number of alkyl halides is 2. The first-order chi connectivity index (χ1) is 24.9. The fourth-order valence-corrected chi connectivity index (χ4v) is 5.02. The first kappa shape index (κ1) is 42.1. The number of ether oxygens (including phenoxy) is 3. The molecule has 0 bridgehead atoms. The van der Waals surface area contributed by atoms with Crippen LogP contribution < -0.4 is 20.7 Å². The highest BCUT2D eigenvalue weighted by atomic mass is 19.3. The number of carbonyl (C=O) groups excluding carboxylic acids is 5. The smallest absolute Gasteiger partial charge is 0.408 e. The first-order valence-electron chi connectivity index (χ1n) is 17.4. The van der Waals surface area contributed by atoms with Gasteiger partial charge >= 0.3 is 18.0 Å². The van der Waals surface area contributed by atoms with Crippen molar-refractivity contribution in [3.63, 3.8) is 0 Å². The van der Waals surface area contributed by atoms with Crippen molar-refractivity contribution in [1.82, 2.24) is 16.0 Å². The predicted molar refractivity (Wildman–Crippen MR) is 194 cm³/mol. The Balaban J connectivity index is 1.84. The zero-order valence-electron chi connectivity index (χ0n) is 31.1. The van der Waals surface area contributed by atoms with Gasteiger partial charge in [0.05, 0.1) is 6.04 Å². The van der Waals surface area contributed by atoms with Crippen molar-refractivity contribution in [2.24, 2.45) is 11.8 Å². The number of nitrogens with one attached hydrogen (secondary N) is 3. The summed E-state index contributed by atoms with van der Waals surface area (Å²) in [6, 6.07) is 19.7. The predicted octanol–water partition coefficient (Wildman–Crippen LogP) is 5.93. The normalized spacial score (nSPS) is 13.3. The maximum absolute atomic E-state index is 15.8. The van der Waals surface area contributed by atoms with Crippen LogP contribution in [0.1, 0.15) is 65.2 Å². The van der Waals surface area contributed by atoms with Crippen molar-refractivity contribution < 1.29 is 47.0 Å². The van der Waals surface area contributed by atoms with Crippen LogP contribution in [-0.4, -0.2) is 59.3 Å². The fourth-order valence-electron chi connectivity index (χ4n) is 5.02. The summed E-state index contributed by atoms with van der Waals surface area (Å²) < 4.78 is 48.0. The summed E-state index contributed by atoms with van der Waals surface area (Å²) in [7, 11) is 0. The van der Waals surface area contributed by atoms with Crippen molar-refractivity contribution in [2.75, 3.05) is 0 Å². The lowest BCUT2D eigenvalue weighted by Gasteiger charge is -2.29. The van der Waals surface area contributed by atoms with E-state index in [1.165, 1.54) is 13.8 Å². The Kier molecular flexibility index (Phi) is 15.0. The van der Waals surface area contributed by atoms with Gasteiger partial charge in [0.15, 0.2) is 0 Å². The maximum atomic E-state index is 15.8. The summed E-state index contributed by atoms with van der Waals surface area (Å²) in [5.74, 6) is -11.3. The van der Waals surface area contributed by atoms with Gasteiger partial charge in [0.1, 0.15) is 36.6 Å². The van der Waals surface area contributed by atoms with Gasteiger partial charge in [0, 0.05) is 6.42 Å². The fraction of sp³-hybridized carbons (Fsp3) is 0.425. The molecule has 3 aromatic rings. The Morgan fingerprint density at radius 3 is 1.70 bits per heavy atom. The number of carbonyl (C=O) groups is 5. The first-order valence-corrected chi connectivity index (χ1v) is 17.4. The minimum Gasteiger partial charge on any atom is -0.489 e. The van der Waals surface area contributed by atoms with Crippen LogP contribution in [0.4, 0.5) is 13.6 Å². The lowest BCUT2D eigenvalue weighted by Crippen LogP contribution is -2.60. The van der Waals surface area contributed by atoms with Crippen molar-refractivity contribution >= 4 is 29.7 Å². The van der Waals surface area contributed by atoms with E-state index in [0.717, 1.165) is 5.56 Å². The third-order valence-electron chi connectivity index (χ3n) is 7.89. The van der Waals surface area contributed by atoms with E-state index >= 15 is 8.78 Å². The molecule has 3 N–H and O–H groups in total.